The Hall–Kier alpha value is -1.30. The summed E-state index contributed by atoms with van der Waals surface area (Å²) in [5.41, 5.74) is 0. The van der Waals surface area contributed by atoms with Gasteiger partial charge < -0.3 is 9.47 Å². The number of hydrogen-bond donors (Lipinski definition) is 0. The number of aromatic nitrogens is 1. The minimum atomic E-state index is -3.08. The molecule has 1 saturated carbocycles. The van der Waals surface area contributed by atoms with Gasteiger partial charge in [-0.05, 0) is 50.7 Å². The maximum atomic E-state index is 12.9. The SMILES string of the molecule is CS(=O)(=O)C1CCCCN(C(=O)C2CCC(n3cccc3)CC2)C1. The number of sulfone groups is 1. The smallest absolute Gasteiger partial charge is 0.225 e. The van der Waals surface area contributed by atoms with Crippen LogP contribution in [0.3, 0.4) is 0 Å². The summed E-state index contributed by atoms with van der Waals surface area (Å²) in [4.78, 5) is 14.7. The maximum Gasteiger partial charge on any atom is 0.225 e. The first-order chi connectivity index (χ1) is 11.4. The molecule has 0 spiro atoms. The van der Waals surface area contributed by atoms with Gasteiger partial charge in [0.05, 0.1) is 5.25 Å². The zero-order chi connectivity index (χ0) is 17.2. The minimum Gasteiger partial charge on any atom is -0.351 e. The molecule has 1 amide bonds. The van der Waals surface area contributed by atoms with Gasteiger partial charge in [-0.1, -0.05) is 6.42 Å². The number of amides is 1. The molecule has 1 aromatic heterocycles. The molecule has 0 radical (unpaired) electrons. The molecule has 2 aliphatic rings. The lowest BCUT2D eigenvalue weighted by atomic mass is 9.85. The second-order valence-corrected chi connectivity index (χ2v) is 9.69. The average molecular weight is 353 g/mol. The summed E-state index contributed by atoms with van der Waals surface area (Å²) in [6.45, 7) is 1.09. The summed E-state index contributed by atoms with van der Waals surface area (Å²) < 4.78 is 26.1. The van der Waals surface area contributed by atoms with Crippen molar-refractivity contribution in [2.45, 2.75) is 56.2 Å². The number of rotatable bonds is 3. The second-order valence-electron chi connectivity index (χ2n) is 7.37. The molecule has 1 aromatic rings. The Bertz CT molecular complexity index is 646. The lowest BCUT2D eigenvalue weighted by molar-refractivity contribution is -0.136. The number of hydrogen-bond acceptors (Lipinski definition) is 3. The highest BCUT2D eigenvalue weighted by Crippen LogP contribution is 2.33. The van der Waals surface area contributed by atoms with E-state index >= 15 is 0 Å². The van der Waals surface area contributed by atoms with Crippen LogP contribution in [0.4, 0.5) is 0 Å². The third kappa shape index (κ3) is 4.02. The Balaban J connectivity index is 1.60. The van der Waals surface area contributed by atoms with E-state index in [4.69, 9.17) is 0 Å². The van der Waals surface area contributed by atoms with Crippen LogP contribution in [0, 0.1) is 5.92 Å². The summed E-state index contributed by atoms with van der Waals surface area (Å²) in [5, 5.41) is -0.389. The van der Waals surface area contributed by atoms with Crippen molar-refractivity contribution in [2.75, 3.05) is 19.3 Å². The standard InChI is InChI=1S/C18H28N2O3S/c1-24(22,23)17-6-2-3-13-20(14-17)18(21)15-7-9-16(10-8-15)19-11-4-5-12-19/h4-5,11-12,15-17H,2-3,6-10,13-14H2,1H3. The van der Waals surface area contributed by atoms with E-state index in [2.05, 4.69) is 17.0 Å². The molecule has 1 aliphatic carbocycles. The van der Waals surface area contributed by atoms with Gasteiger partial charge in [-0.2, -0.15) is 0 Å². The van der Waals surface area contributed by atoms with E-state index in [1.807, 2.05) is 17.0 Å². The predicted octanol–water partition coefficient (Wildman–Crippen LogP) is 2.65. The molecule has 2 fully saturated rings. The third-order valence-corrected chi connectivity index (χ3v) is 7.24. The third-order valence-electron chi connectivity index (χ3n) is 5.64. The number of carbonyl (C=O) groups is 1. The molecule has 1 atom stereocenters. The Kier molecular flexibility index (Phi) is 5.33. The van der Waals surface area contributed by atoms with Crippen molar-refractivity contribution in [3.63, 3.8) is 0 Å². The van der Waals surface area contributed by atoms with Crippen LogP contribution in [0.2, 0.25) is 0 Å². The van der Waals surface area contributed by atoms with Crippen LogP contribution in [-0.4, -0.2) is 48.4 Å². The van der Waals surface area contributed by atoms with Gasteiger partial charge in [-0.25, -0.2) is 8.42 Å². The quantitative estimate of drug-likeness (QED) is 0.840. The first-order valence-electron chi connectivity index (χ1n) is 9.05. The molecule has 134 valence electrons. The Labute approximate surface area is 144 Å². The van der Waals surface area contributed by atoms with E-state index in [9.17, 15) is 13.2 Å². The maximum absolute atomic E-state index is 12.9. The van der Waals surface area contributed by atoms with Crippen LogP contribution in [0.25, 0.3) is 0 Å². The minimum absolute atomic E-state index is 0.0649. The van der Waals surface area contributed by atoms with Crippen LogP contribution >= 0.6 is 0 Å². The van der Waals surface area contributed by atoms with Gasteiger partial charge in [0.25, 0.3) is 0 Å². The van der Waals surface area contributed by atoms with Gasteiger partial charge in [0, 0.05) is 43.7 Å². The lowest BCUT2D eigenvalue weighted by Gasteiger charge is -2.33. The van der Waals surface area contributed by atoms with E-state index < -0.39 is 9.84 Å². The summed E-state index contributed by atoms with van der Waals surface area (Å²) in [7, 11) is -3.08. The Morgan fingerprint density at radius 3 is 2.29 bits per heavy atom. The molecule has 2 heterocycles. The molecule has 6 heteroatoms. The molecule has 24 heavy (non-hydrogen) atoms. The number of likely N-dealkylation sites (tertiary alicyclic amines) is 1. The monoisotopic (exact) mass is 352 g/mol. The molecule has 3 rings (SSSR count). The molecule has 1 unspecified atom stereocenters. The zero-order valence-corrected chi connectivity index (χ0v) is 15.2. The molecule has 0 bridgehead atoms. The van der Waals surface area contributed by atoms with Crippen LogP contribution in [0.1, 0.15) is 51.0 Å². The van der Waals surface area contributed by atoms with E-state index in [1.54, 1.807) is 0 Å². The van der Waals surface area contributed by atoms with Gasteiger partial charge in [0.15, 0.2) is 9.84 Å². The van der Waals surface area contributed by atoms with Gasteiger partial charge in [0.2, 0.25) is 5.91 Å². The van der Waals surface area contributed by atoms with Gasteiger partial charge >= 0.3 is 0 Å². The van der Waals surface area contributed by atoms with Crippen molar-refractivity contribution in [1.82, 2.24) is 9.47 Å². The highest BCUT2D eigenvalue weighted by atomic mass is 32.2. The molecule has 0 aromatic carbocycles. The van der Waals surface area contributed by atoms with Crippen LogP contribution in [0.5, 0.6) is 0 Å². The lowest BCUT2D eigenvalue weighted by Crippen LogP contribution is -2.43. The normalized spacial score (nSPS) is 29.2. The molecule has 1 aliphatic heterocycles. The average Bonchev–Trinajstić information content (AvgIpc) is 2.97. The molecule has 0 N–H and O–H groups in total. The van der Waals surface area contributed by atoms with E-state index in [0.29, 0.717) is 25.6 Å². The molecule has 1 saturated heterocycles. The van der Waals surface area contributed by atoms with Crippen molar-refractivity contribution in [3.8, 4) is 0 Å². The van der Waals surface area contributed by atoms with Gasteiger partial charge in [-0.3, -0.25) is 4.79 Å². The largest absolute Gasteiger partial charge is 0.351 e. The van der Waals surface area contributed by atoms with E-state index in [-0.39, 0.29) is 17.1 Å². The van der Waals surface area contributed by atoms with E-state index in [1.165, 1.54) is 6.26 Å². The fourth-order valence-electron chi connectivity index (χ4n) is 4.12. The number of carbonyl (C=O) groups excluding carboxylic acids is 1. The molecular weight excluding hydrogens is 324 g/mol. The van der Waals surface area contributed by atoms with E-state index in [0.717, 1.165) is 38.5 Å². The van der Waals surface area contributed by atoms with Crippen molar-refractivity contribution < 1.29 is 13.2 Å². The fourth-order valence-corrected chi connectivity index (χ4v) is 5.17. The van der Waals surface area contributed by atoms with Gasteiger partial charge in [0.1, 0.15) is 0 Å². The highest BCUT2D eigenvalue weighted by molar-refractivity contribution is 7.91. The summed E-state index contributed by atoms with van der Waals surface area (Å²) in [5.74, 6) is 0.242. The topological polar surface area (TPSA) is 59.4 Å². The summed E-state index contributed by atoms with van der Waals surface area (Å²) in [6.07, 6.45) is 11.8. The van der Waals surface area contributed by atoms with Crippen molar-refractivity contribution in [2.24, 2.45) is 5.92 Å². The zero-order valence-electron chi connectivity index (χ0n) is 14.4. The Morgan fingerprint density at radius 2 is 1.67 bits per heavy atom. The van der Waals surface area contributed by atoms with Crippen LogP contribution < -0.4 is 0 Å². The van der Waals surface area contributed by atoms with Crippen molar-refractivity contribution >= 4 is 15.7 Å². The second kappa shape index (κ2) is 7.30. The Morgan fingerprint density at radius 1 is 1.00 bits per heavy atom. The predicted molar refractivity (Wildman–Crippen MR) is 94.5 cm³/mol. The van der Waals surface area contributed by atoms with Crippen LogP contribution in [0.15, 0.2) is 24.5 Å². The fraction of sp³-hybridized carbons (Fsp3) is 0.722. The highest BCUT2D eigenvalue weighted by Gasteiger charge is 2.33. The summed E-state index contributed by atoms with van der Waals surface area (Å²) >= 11 is 0. The van der Waals surface area contributed by atoms with Crippen molar-refractivity contribution in [3.05, 3.63) is 24.5 Å². The number of nitrogens with zero attached hydrogens (tertiary/aromatic N) is 2. The molecular formula is C18H28N2O3S. The van der Waals surface area contributed by atoms with Crippen LogP contribution in [-0.2, 0) is 14.6 Å². The first kappa shape index (κ1) is 17.5. The van der Waals surface area contributed by atoms with Crippen molar-refractivity contribution in [1.29, 1.82) is 0 Å². The molecule has 5 nitrogen and oxygen atoms in total. The van der Waals surface area contributed by atoms with Gasteiger partial charge in [-0.15, -0.1) is 0 Å². The first-order valence-corrected chi connectivity index (χ1v) is 11.0. The summed E-state index contributed by atoms with van der Waals surface area (Å²) in [6, 6.07) is 4.58.